The van der Waals surface area contributed by atoms with Crippen LogP contribution in [-0.4, -0.2) is 39.8 Å². The lowest BCUT2D eigenvalue weighted by molar-refractivity contribution is 0.203. The van der Waals surface area contributed by atoms with Gasteiger partial charge in [-0.3, -0.25) is 4.99 Å². The first kappa shape index (κ1) is 20.2. The lowest BCUT2D eigenvalue weighted by atomic mass is 9.88. The summed E-state index contributed by atoms with van der Waals surface area (Å²) in [5, 5.41) is 6.62. The highest BCUT2D eigenvalue weighted by molar-refractivity contribution is 14.0. The summed E-state index contributed by atoms with van der Waals surface area (Å²) in [4.78, 5) is 4.22. The van der Waals surface area contributed by atoms with Gasteiger partial charge in [0.25, 0.3) is 0 Å². The van der Waals surface area contributed by atoms with Crippen molar-refractivity contribution in [2.45, 2.75) is 19.8 Å². The first-order valence-corrected chi connectivity index (χ1v) is 7.17. The van der Waals surface area contributed by atoms with Gasteiger partial charge in [0.1, 0.15) is 0 Å². The van der Waals surface area contributed by atoms with Gasteiger partial charge < -0.3 is 15.4 Å². The van der Waals surface area contributed by atoms with Crippen LogP contribution in [0.25, 0.3) is 0 Å². The molecule has 5 heteroatoms. The Hall–Kier alpha value is -0.820. The summed E-state index contributed by atoms with van der Waals surface area (Å²) in [6, 6.07) is 10.6. The minimum absolute atomic E-state index is 0. The average Bonchev–Trinajstić information content (AvgIpc) is 2.46. The van der Waals surface area contributed by atoms with Crippen molar-refractivity contribution in [3.05, 3.63) is 35.9 Å². The summed E-state index contributed by atoms with van der Waals surface area (Å²) in [7, 11) is 3.48. The molecule has 0 heterocycles. The Morgan fingerprint density at radius 3 is 2.38 bits per heavy atom. The Morgan fingerprint density at radius 1 is 1.19 bits per heavy atom. The number of hydrogen-bond donors (Lipinski definition) is 2. The molecule has 1 unspecified atom stereocenters. The van der Waals surface area contributed by atoms with Crippen LogP contribution in [0.2, 0.25) is 0 Å². The Balaban J connectivity index is 0.00000400. The molecule has 120 valence electrons. The highest BCUT2D eigenvalue weighted by Gasteiger charge is 2.15. The third-order valence-electron chi connectivity index (χ3n) is 3.34. The average molecular weight is 405 g/mol. The van der Waals surface area contributed by atoms with Crippen LogP contribution in [0.3, 0.4) is 0 Å². The molecule has 1 aromatic carbocycles. The summed E-state index contributed by atoms with van der Waals surface area (Å²) < 4.78 is 5.02. The lowest BCUT2D eigenvalue weighted by Gasteiger charge is -2.23. The number of nitrogens with zero attached hydrogens (tertiary/aromatic N) is 1. The van der Waals surface area contributed by atoms with E-state index in [1.165, 1.54) is 5.56 Å². The van der Waals surface area contributed by atoms with E-state index < -0.39 is 0 Å². The summed E-state index contributed by atoms with van der Waals surface area (Å²) in [6.45, 7) is 6.80. The van der Waals surface area contributed by atoms with Gasteiger partial charge in [-0.25, -0.2) is 0 Å². The quantitative estimate of drug-likeness (QED) is 0.318. The second-order valence-electron chi connectivity index (χ2n) is 5.13. The van der Waals surface area contributed by atoms with Gasteiger partial charge in [-0.05, 0) is 11.5 Å². The SMILES string of the molecule is CN=C(NCCOC)NCC(c1ccccc1)C(C)C.I. The summed E-state index contributed by atoms with van der Waals surface area (Å²) in [5.74, 6) is 1.86. The lowest BCUT2D eigenvalue weighted by Crippen LogP contribution is -2.41. The van der Waals surface area contributed by atoms with Crippen LogP contribution in [0.15, 0.2) is 35.3 Å². The van der Waals surface area contributed by atoms with Crippen LogP contribution in [0.1, 0.15) is 25.3 Å². The number of methoxy groups -OCH3 is 1. The second-order valence-corrected chi connectivity index (χ2v) is 5.13. The molecule has 0 aliphatic heterocycles. The number of aliphatic imine (C=N–C) groups is 1. The molecule has 0 aromatic heterocycles. The molecule has 1 atom stereocenters. The number of halogens is 1. The zero-order chi connectivity index (χ0) is 14.8. The first-order chi connectivity index (χ1) is 9.69. The number of ether oxygens (including phenoxy) is 1. The number of guanidine groups is 1. The van der Waals surface area contributed by atoms with Crippen LogP contribution < -0.4 is 10.6 Å². The fraction of sp³-hybridized carbons (Fsp3) is 0.562. The van der Waals surface area contributed by atoms with Crippen molar-refractivity contribution in [2.75, 3.05) is 33.9 Å². The number of benzene rings is 1. The van der Waals surface area contributed by atoms with Gasteiger partial charge in [-0.2, -0.15) is 0 Å². The second kappa shape index (κ2) is 11.8. The van der Waals surface area contributed by atoms with Crippen LogP contribution in [0.5, 0.6) is 0 Å². The van der Waals surface area contributed by atoms with Crippen molar-refractivity contribution in [3.63, 3.8) is 0 Å². The molecule has 1 aromatic rings. The predicted octanol–water partition coefficient (Wildman–Crippen LogP) is 2.86. The maximum atomic E-state index is 5.02. The normalized spacial score (nSPS) is 12.7. The molecule has 0 saturated heterocycles. The highest BCUT2D eigenvalue weighted by Crippen LogP contribution is 2.23. The van der Waals surface area contributed by atoms with E-state index in [9.17, 15) is 0 Å². The Labute approximate surface area is 145 Å². The molecule has 0 bridgehead atoms. The van der Waals surface area contributed by atoms with E-state index in [1.54, 1.807) is 14.2 Å². The summed E-state index contributed by atoms with van der Waals surface area (Å²) in [6.07, 6.45) is 0. The molecular formula is C16H28IN3O. The number of nitrogens with one attached hydrogen (secondary N) is 2. The van der Waals surface area contributed by atoms with Gasteiger partial charge in [-0.1, -0.05) is 44.2 Å². The fourth-order valence-corrected chi connectivity index (χ4v) is 2.14. The molecular weight excluding hydrogens is 377 g/mol. The van der Waals surface area contributed by atoms with Crippen LogP contribution in [0.4, 0.5) is 0 Å². The first-order valence-electron chi connectivity index (χ1n) is 7.17. The monoisotopic (exact) mass is 405 g/mol. The van der Waals surface area contributed by atoms with Crippen molar-refractivity contribution < 1.29 is 4.74 Å². The van der Waals surface area contributed by atoms with Gasteiger partial charge in [-0.15, -0.1) is 24.0 Å². The van der Waals surface area contributed by atoms with Crippen LogP contribution in [0, 0.1) is 5.92 Å². The molecule has 2 N–H and O–H groups in total. The molecule has 0 aliphatic carbocycles. The standard InChI is InChI=1S/C16H27N3O.HI/c1-13(2)15(14-8-6-5-7-9-14)12-19-16(17-3)18-10-11-20-4;/h5-9,13,15H,10-12H2,1-4H3,(H2,17,18,19);1H. The molecule has 0 amide bonds. The topological polar surface area (TPSA) is 45.7 Å². The Kier molecular flexibility index (Phi) is 11.3. The molecule has 4 nitrogen and oxygen atoms in total. The molecule has 0 fully saturated rings. The van der Waals surface area contributed by atoms with Gasteiger partial charge in [0, 0.05) is 33.2 Å². The van der Waals surface area contributed by atoms with Gasteiger partial charge in [0.2, 0.25) is 0 Å². The Bertz CT molecular complexity index is 396. The highest BCUT2D eigenvalue weighted by atomic mass is 127. The summed E-state index contributed by atoms with van der Waals surface area (Å²) in [5.41, 5.74) is 1.36. The minimum Gasteiger partial charge on any atom is -0.383 e. The maximum absolute atomic E-state index is 5.02. The van der Waals surface area contributed by atoms with Crippen molar-refractivity contribution in [2.24, 2.45) is 10.9 Å². The van der Waals surface area contributed by atoms with E-state index in [1.807, 2.05) is 0 Å². The molecule has 0 aliphatic rings. The summed E-state index contributed by atoms with van der Waals surface area (Å²) >= 11 is 0. The molecule has 0 radical (unpaired) electrons. The minimum atomic E-state index is 0. The van der Waals surface area contributed by atoms with E-state index in [0.717, 1.165) is 19.0 Å². The predicted molar refractivity (Wildman–Crippen MR) is 101 cm³/mol. The third kappa shape index (κ3) is 7.66. The number of rotatable bonds is 7. The van der Waals surface area contributed by atoms with Crippen molar-refractivity contribution in [3.8, 4) is 0 Å². The van der Waals surface area contributed by atoms with Crippen LogP contribution >= 0.6 is 24.0 Å². The van der Waals surface area contributed by atoms with Crippen molar-refractivity contribution in [1.29, 1.82) is 0 Å². The molecule has 1 rings (SSSR count). The van der Waals surface area contributed by atoms with E-state index in [0.29, 0.717) is 18.4 Å². The molecule has 0 spiro atoms. The van der Waals surface area contributed by atoms with Crippen molar-refractivity contribution in [1.82, 2.24) is 10.6 Å². The largest absolute Gasteiger partial charge is 0.383 e. The van der Waals surface area contributed by atoms with E-state index >= 15 is 0 Å². The van der Waals surface area contributed by atoms with E-state index in [4.69, 9.17) is 4.74 Å². The molecule has 21 heavy (non-hydrogen) atoms. The van der Waals surface area contributed by atoms with Crippen LogP contribution in [-0.2, 0) is 4.74 Å². The maximum Gasteiger partial charge on any atom is 0.191 e. The van der Waals surface area contributed by atoms with Gasteiger partial charge in [0.05, 0.1) is 6.61 Å². The molecule has 0 saturated carbocycles. The third-order valence-corrected chi connectivity index (χ3v) is 3.34. The number of hydrogen-bond acceptors (Lipinski definition) is 2. The fourth-order valence-electron chi connectivity index (χ4n) is 2.14. The van der Waals surface area contributed by atoms with E-state index in [-0.39, 0.29) is 24.0 Å². The van der Waals surface area contributed by atoms with Crippen molar-refractivity contribution >= 4 is 29.9 Å². The zero-order valence-corrected chi connectivity index (χ0v) is 15.8. The van der Waals surface area contributed by atoms with Gasteiger partial charge >= 0.3 is 0 Å². The zero-order valence-electron chi connectivity index (χ0n) is 13.4. The van der Waals surface area contributed by atoms with Gasteiger partial charge in [0.15, 0.2) is 5.96 Å². The smallest absolute Gasteiger partial charge is 0.191 e. The Morgan fingerprint density at radius 2 is 1.86 bits per heavy atom. The van der Waals surface area contributed by atoms with E-state index in [2.05, 4.69) is 59.8 Å².